The second-order valence-electron chi connectivity index (χ2n) is 21.8. The van der Waals surface area contributed by atoms with Crippen LogP contribution >= 0.6 is 0 Å². The molecule has 0 bridgehead atoms. The van der Waals surface area contributed by atoms with Gasteiger partial charge >= 0.3 is 0 Å². The maximum absolute atomic E-state index is 15.0. The van der Waals surface area contributed by atoms with Crippen LogP contribution in [0, 0.1) is 29.3 Å². The molecule has 4 aromatic carbocycles. The summed E-state index contributed by atoms with van der Waals surface area (Å²) in [4.78, 5) is 93.1. The number of nitrogens with one attached hydrogen (secondary N) is 4. The van der Waals surface area contributed by atoms with Crippen molar-refractivity contribution in [3.05, 3.63) is 130 Å². The molecule has 4 N–H and O–H groups in total. The number of morpholine rings is 1. The first-order valence-electron chi connectivity index (χ1n) is 26.9. The number of ketones is 2. The number of anilines is 2. The number of Topliss-reactive ketones (excluding diaryl/α,β-unsaturated/α-hetero) is 2. The lowest BCUT2D eigenvalue weighted by atomic mass is 9.83. The summed E-state index contributed by atoms with van der Waals surface area (Å²) in [6.45, 7) is 15.5. The quantitative estimate of drug-likeness (QED) is 0.0836. The van der Waals surface area contributed by atoms with Crippen molar-refractivity contribution >= 4 is 46.6 Å². The number of carbonyl (C=O) groups is 6. The summed E-state index contributed by atoms with van der Waals surface area (Å²) in [5.41, 5.74) is 2.43. The molecule has 18 heteroatoms. The van der Waals surface area contributed by atoms with E-state index in [9.17, 15) is 41.9 Å². The highest BCUT2D eigenvalue weighted by Gasteiger charge is 2.48. The van der Waals surface area contributed by atoms with Crippen molar-refractivity contribution in [2.45, 2.75) is 109 Å². The van der Waals surface area contributed by atoms with Gasteiger partial charge in [0.05, 0.1) is 37.8 Å². The lowest BCUT2D eigenvalue weighted by Gasteiger charge is -2.43. The topological polar surface area (TPSA) is 173 Å². The van der Waals surface area contributed by atoms with Crippen LogP contribution in [0.15, 0.2) is 78.9 Å². The number of piperazine rings is 1. The fourth-order valence-electron chi connectivity index (χ4n) is 11.2. The Morgan fingerprint density at radius 1 is 0.896 bits per heavy atom. The highest BCUT2D eigenvalue weighted by molar-refractivity contribution is 6.04. The number of fused-ring (bicyclic) bond motifs is 2. The van der Waals surface area contributed by atoms with E-state index < -0.39 is 58.5 Å². The molecule has 0 spiro atoms. The third kappa shape index (κ3) is 12.8. The fourth-order valence-corrected chi connectivity index (χ4v) is 11.2. The molecule has 15 nitrogen and oxygen atoms in total. The molecular weight excluding hydrogens is 990 g/mol. The molecule has 77 heavy (non-hydrogen) atoms. The van der Waals surface area contributed by atoms with Crippen LogP contribution in [0.4, 0.5) is 24.5 Å². The summed E-state index contributed by atoms with van der Waals surface area (Å²) in [6.07, 6.45) is 0.756. The number of likely N-dealkylation sites (N-methyl/N-ethyl adjacent to an activating group) is 1. The molecule has 4 aromatic rings. The van der Waals surface area contributed by atoms with Gasteiger partial charge in [0.2, 0.25) is 17.7 Å². The van der Waals surface area contributed by atoms with E-state index >= 15 is 0 Å². The van der Waals surface area contributed by atoms with Gasteiger partial charge in [-0.3, -0.25) is 38.6 Å². The van der Waals surface area contributed by atoms with Gasteiger partial charge in [-0.15, -0.1) is 0 Å². The number of benzene rings is 4. The molecule has 412 valence electrons. The van der Waals surface area contributed by atoms with Crippen LogP contribution in [0.2, 0.25) is 0 Å². The van der Waals surface area contributed by atoms with Crippen LogP contribution in [-0.4, -0.2) is 140 Å². The molecule has 0 unspecified atom stereocenters. The van der Waals surface area contributed by atoms with Crippen LogP contribution in [0.5, 0.6) is 0 Å². The van der Waals surface area contributed by atoms with Gasteiger partial charge in [0, 0.05) is 81.8 Å². The molecule has 0 aromatic heterocycles. The first-order valence-corrected chi connectivity index (χ1v) is 26.9. The molecule has 0 aliphatic carbocycles. The van der Waals surface area contributed by atoms with E-state index in [-0.39, 0.29) is 86.4 Å². The van der Waals surface area contributed by atoms with E-state index in [2.05, 4.69) is 44.9 Å². The molecule has 0 saturated carbocycles. The summed E-state index contributed by atoms with van der Waals surface area (Å²) >= 11 is 0. The predicted molar refractivity (Wildman–Crippen MR) is 288 cm³/mol. The van der Waals surface area contributed by atoms with E-state index in [4.69, 9.17) is 4.74 Å². The Labute approximate surface area is 449 Å². The number of amides is 4. The number of ether oxygens (including phenoxy) is 1. The third-order valence-electron chi connectivity index (χ3n) is 16.3. The summed E-state index contributed by atoms with van der Waals surface area (Å²) in [5.74, 6) is -5.93. The average Bonchev–Trinajstić information content (AvgIpc) is 4.08. The Hall–Kier alpha value is -6.31. The van der Waals surface area contributed by atoms with E-state index in [1.54, 1.807) is 56.1 Å². The molecule has 4 aliphatic rings. The van der Waals surface area contributed by atoms with Gasteiger partial charge in [0.25, 0.3) is 5.91 Å². The number of nitrogens with zero attached hydrogens (tertiary/aromatic N) is 4. The molecule has 4 heterocycles. The number of para-hydroxylation sites is 1. The maximum atomic E-state index is 15.0. The van der Waals surface area contributed by atoms with Gasteiger partial charge in [-0.2, -0.15) is 0 Å². The van der Waals surface area contributed by atoms with E-state index in [1.807, 2.05) is 32.0 Å². The molecular formula is C59H73F3N8O7. The highest BCUT2D eigenvalue weighted by Crippen LogP contribution is 2.43. The lowest BCUT2D eigenvalue weighted by molar-refractivity contribution is -0.145. The number of hydrogen-bond acceptors (Lipinski definition) is 11. The summed E-state index contributed by atoms with van der Waals surface area (Å²) < 4.78 is 49.5. The molecule has 4 amide bonds. The zero-order chi connectivity index (χ0) is 55.3. The highest BCUT2D eigenvalue weighted by atomic mass is 19.1. The number of hydrogen-bond donors (Lipinski definition) is 4. The lowest BCUT2D eigenvalue weighted by Crippen LogP contribution is -2.62. The Balaban J connectivity index is 1.01. The molecule has 2 saturated heterocycles. The van der Waals surface area contributed by atoms with Crippen molar-refractivity contribution in [1.29, 1.82) is 0 Å². The van der Waals surface area contributed by atoms with Crippen LogP contribution < -0.4 is 26.2 Å². The van der Waals surface area contributed by atoms with Crippen LogP contribution in [0.3, 0.4) is 0 Å². The van der Waals surface area contributed by atoms with E-state index in [0.717, 1.165) is 36.3 Å². The number of carbonyl (C=O) groups excluding carboxylic acids is 6. The van der Waals surface area contributed by atoms with E-state index in [1.165, 1.54) is 23.1 Å². The van der Waals surface area contributed by atoms with Crippen molar-refractivity contribution in [3.63, 3.8) is 0 Å². The van der Waals surface area contributed by atoms with Crippen molar-refractivity contribution in [3.8, 4) is 0 Å². The minimum Gasteiger partial charge on any atom is -0.379 e. The second kappa shape index (κ2) is 24.6. The van der Waals surface area contributed by atoms with Crippen molar-refractivity contribution < 1.29 is 46.7 Å². The van der Waals surface area contributed by atoms with Crippen molar-refractivity contribution in [2.24, 2.45) is 11.8 Å². The van der Waals surface area contributed by atoms with Crippen molar-refractivity contribution in [1.82, 2.24) is 30.7 Å². The summed E-state index contributed by atoms with van der Waals surface area (Å²) in [5, 5.41) is 11.7. The minimum absolute atomic E-state index is 0.0227. The smallest absolute Gasteiger partial charge is 0.252 e. The van der Waals surface area contributed by atoms with Gasteiger partial charge < -0.3 is 35.8 Å². The molecule has 8 atom stereocenters. The largest absolute Gasteiger partial charge is 0.379 e. The van der Waals surface area contributed by atoms with Gasteiger partial charge in [-0.05, 0) is 111 Å². The predicted octanol–water partition coefficient (Wildman–Crippen LogP) is 5.86. The Morgan fingerprint density at radius 2 is 1.61 bits per heavy atom. The molecule has 0 radical (unpaired) electrons. The fraction of sp³-hybridized carbons (Fsp3) is 0.492. The monoisotopic (exact) mass is 1060 g/mol. The minimum atomic E-state index is -1.37. The Morgan fingerprint density at radius 3 is 2.31 bits per heavy atom. The normalized spacial score (nSPS) is 22.7. The zero-order valence-corrected chi connectivity index (χ0v) is 45.2. The van der Waals surface area contributed by atoms with Crippen LogP contribution in [-0.2, 0) is 58.3 Å². The molecule has 2 fully saturated rings. The van der Waals surface area contributed by atoms with Crippen LogP contribution in [0.25, 0.3) is 0 Å². The van der Waals surface area contributed by atoms with Gasteiger partial charge in [-0.25, -0.2) is 13.2 Å². The SMILES string of the molecule is CC[C@H](C)[C@H](CC(=O)[C@H](C)NC)C(=O)N1Cc2ccc(CC(=O)CNC(=O)[C@]3(C)CN(C(=O)CN4C[C@@H](C)NC[C@@H]4CN4CCOC[C@H]4C)c4cc(Cc5ccc(F)cc5)ccc43)cc2[C@H]1C(=O)Nc1c(F)cccc1F. The zero-order valence-electron chi connectivity index (χ0n) is 45.2. The van der Waals surface area contributed by atoms with Gasteiger partial charge in [-0.1, -0.05) is 68.8 Å². The third-order valence-corrected chi connectivity index (χ3v) is 16.3. The van der Waals surface area contributed by atoms with E-state index in [0.29, 0.717) is 67.1 Å². The van der Waals surface area contributed by atoms with Crippen molar-refractivity contribution in [2.75, 3.05) is 76.3 Å². The maximum Gasteiger partial charge on any atom is 0.252 e. The van der Waals surface area contributed by atoms with Gasteiger partial charge in [0.1, 0.15) is 35.0 Å². The Bertz CT molecular complexity index is 2830. The first-order chi connectivity index (χ1) is 36.8. The molecule has 4 aliphatic heterocycles. The Kier molecular flexibility index (Phi) is 18.1. The summed E-state index contributed by atoms with van der Waals surface area (Å²) in [6, 6.07) is 18.7. The summed E-state index contributed by atoms with van der Waals surface area (Å²) in [7, 11) is 1.65. The van der Waals surface area contributed by atoms with Crippen LogP contribution in [0.1, 0.15) is 93.8 Å². The van der Waals surface area contributed by atoms with Gasteiger partial charge in [0.15, 0.2) is 5.78 Å². The number of halogens is 3. The molecule has 8 rings (SSSR count). The first kappa shape index (κ1) is 56.9. The average molecular weight is 1060 g/mol. The number of rotatable bonds is 20. The second-order valence-corrected chi connectivity index (χ2v) is 21.8. The standard InChI is InChI=1S/C59H73F3N8O7/c1-8-35(2)46(26-52(72)38(5)63-7)57(75)69-30-42-16-12-41(24-47(42)55(69)56(74)66-54-49(61)10-9-11-50(54)62)23-45(71)28-65-58(76)59(6)34-70(51-25-40(15-19-48(51)59)22-39-13-17-43(60)18-14-39)53(73)32-68-29-36(3)64-27-44(68)31-67-20-21-77-33-37(67)4/h9-19,24-25,35-38,44,46,55,63-64H,8,20-23,26-34H2,1-7H3,(H,65,76)(H,66,74)/t35-,36+,37+,38-,44+,46-,55-,59+/m0/s1.